The van der Waals surface area contributed by atoms with Crippen LogP contribution in [0.5, 0.6) is 0 Å². The number of fused-ring (bicyclic) bond motifs is 1. The first-order valence-electron chi connectivity index (χ1n) is 8.46. The summed E-state index contributed by atoms with van der Waals surface area (Å²) in [5.74, 6) is 0. The summed E-state index contributed by atoms with van der Waals surface area (Å²) >= 11 is 0. The van der Waals surface area contributed by atoms with Crippen LogP contribution in [0.2, 0.25) is 0 Å². The van der Waals surface area contributed by atoms with Crippen molar-refractivity contribution in [2.45, 2.75) is 12.8 Å². The van der Waals surface area contributed by atoms with Gasteiger partial charge in [0.2, 0.25) is 0 Å². The maximum atomic E-state index is 3.87. The molecule has 0 fully saturated rings. The van der Waals surface area contributed by atoms with E-state index in [0.717, 1.165) is 32.6 Å². The van der Waals surface area contributed by atoms with Gasteiger partial charge in [-0.05, 0) is 43.5 Å². The minimum absolute atomic E-state index is 0.959. The van der Waals surface area contributed by atoms with Crippen LogP contribution in [0.15, 0.2) is 49.1 Å². The van der Waals surface area contributed by atoms with Crippen molar-refractivity contribution in [2.24, 2.45) is 0 Å². The Labute approximate surface area is 140 Å². The van der Waals surface area contributed by atoms with Gasteiger partial charge in [-0.1, -0.05) is 36.4 Å². The number of rotatable bonds is 10. The zero-order chi connectivity index (χ0) is 16.5. The number of aryl methyl sites for hydroxylation is 1. The smallest absolute Gasteiger partial charge is 0.0417 e. The molecule has 0 aliphatic carbocycles. The molecule has 124 valence electrons. The van der Waals surface area contributed by atoms with Gasteiger partial charge in [0.1, 0.15) is 0 Å². The molecule has 3 nitrogen and oxygen atoms in total. The van der Waals surface area contributed by atoms with Crippen molar-refractivity contribution < 1.29 is 0 Å². The lowest BCUT2D eigenvalue weighted by Crippen LogP contribution is -2.32. The highest BCUT2D eigenvalue weighted by atomic mass is 15.1. The lowest BCUT2D eigenvalue weighted by Gasteiger charge is -2.20. The molecule has 2 aromatic carbocycles. The Morgan fingerprint density at radius 3 is 2.52 bits per heavy atom. The molecule has 0 saturated heterocycles. The lowest BCUT2D eigenvalue weighted by atomic mass is 9.99. The van der Waals surface area contributed by atoms with E-state index in [9.17, 15) is 0 Å². The fraction of sp³-hybridized carbons (Fsp3) is 0.400. The Hall–Kier alpha value is -1.84. The van der Waals surface area contributed by atoms with Gasteiger partial charge in [-0.25, -0.2) is 0 Å². The Balaban J connectivity index is 2.03. The first-order valence-corrected chi connectivity index (χ1v) is 8.46. The average Bonchev–Trinajstić information content (AvgIpc) is 2.59. The van der Waals surface area contributed by atoms with E-state index in [1.54, 1.807) is 0 Å². The van der Waals surface area contributed by atoms with Gasteiger partial charge in [0.05, 0.1) is 0 Å². The van der Waals surface area contributed by atoms with Gasteiger partial charge in [0.15, 0.2) is 0 Å². The van der Waals surface area contributed by atoms with E-state index >= 15 is 0 Å². The van der Waals surface area contributed by atoms with Crippen LogP contribution in [0.1, 0.15) is 12.0 Å². The summed E-state index contributed by atoms with van der Waals surface area (Å²) in [6, 6.07) is 13.1. The summed E-state index contributed by atoms with van der Waals surface area (Å²) in [6.45, 7) is 8.03. The second kappa shape index (κ2) is 9.33. The zero-order valence-electron chi connectivity index (χ0n) is 14.4. The van der Waals surface area contributed by atoms with Gasteiger partial charge >= 0.3 is 0 Å². The summed E-state index contributed by atoms with van der Waals surface area (Å²) in [7, 11) is 3.98. The zero-order valence-corrected chi connectivity index (χ0v) is 14.4. The second-order valence-electron chi connectivity index (χ2n) is 5.86. The van der Waals surface area contributed by atoms with Crippen LogP contribution in [0.25, 0.3) is 10.8 Å². The predicted molar refractivity (Wildman–Crippen MR) is 102 cm³/mol. The van der Waals surface area contributed by atoms with E-state index in [4.69, 9.17) is 0 Å². The molecule has 0 aliphatic rings. The van der Waals surface area contributed by atoms with Crippen LogP contribution in [0, 0.1) is 0 Å². The number of hydrogen-bond acceptors (Lipinski definition) is 3. The third kappa shape index (κ3) is 4.81. The first-order chi connectivity index (χ1) is 11.3. The Kier molecular flexibility index (Phi) is 7.11. The maximum Gasteiger partial charge on any atom is 0.0417 e. The number of hydrogen-bond donors (Lipinski definition) is 2. The summed E-state index contributed by atoms with van der Waals surface area (Å²) in [5.41, 5.74) is 2.64. The van der Waals surface area contributed by atoms with Crippen LogP contribution in [0.4, 0.5) is 5.69 Å². The fourth-order valence-corrected chi connectivity index (χ4v) is 3.04. The Morgan fingerprint density at radius 1 is 1.04 bits per heavy atom. The van der Waals surface area contributed by atoms with Crippen LogP contribution >= 0.6 is 0 Å². The number of likely N-dealkylation sites (N-methyl/N-ethyl adjacent to an activating group) is 1. The third-order valence-electron chi connectivity index (χ3n) is 4.27. The van der Waals surface area contributed by atoms with Crippen LogP contribution < -0.4 is 10.6 Å². The van der Waals surface area contributed by atoms with E-state index in [-0.39, 0.29) is 0 Å². The Morgan fingerprint density at radius 2 is 1.83 bits per heavy atom. The molecule has 0 aromatic heterocycles. The normalized spacial score (nSPS) is 11.1. The van der Waals surface area contributed by atoms with Crippen molar-refractivity contribution >= 4 is 16.5 Å². The van der Waals surface area contributed by atoms with Crippen molar-refractivity contribution in [1.29, 1.82) is 0 Å². The van der Waals surface area contributed by atoms with Crippen molar-refractivity contribution in [1.82, 2.24) is 10.2 Å². The van der Waals surface area contributed by atoms with Gasteiger partial charge in [-0.15, -0.1) is 6.58 Å². The number of nitrogens with zero attached hydrogens (tertiary/aromatic N) is 1. The van der Waals surface area contributed by atoms with Crippen molar-refractivity contribution in [3.63, 3.8) is 0 Å². The van der Waals surface area contributed by atoms with Gasteiger partial charge in [0.25, 0.3) is 0 Å². The van der Waals surface area contributed by atoms with Crippen LogP contribution in [-0.4, -0.2) is 45.2 Å². The molecule has 3 heteroatoms. The Bertz CT molecular complexity index is 621. The van der Waals surface area contributed by atoms with Gasteiger partial charge in [-0.3, -0.25) is 4.90 Å². The predicted octanol–water partition coefficient (Wildman–Crippen LogP) is 3.52. The molecule has 0 atom stereocenters. The van der Waals surface area contributed by atoms with Crippen molar-refractivity contribution in [2.75, 3.05) is 45.6 Å². The summed E-state index contributed by atoms with van der Waals surface area (Å²) < 4.78 is 0. The van der Waals surface area contributed by atoms with Gasteiger partial charge in [-0.2, -0.15) is 0 Å². The molecule has 0 bridgehead atoms. The summed E-state index contributed by atoms with van der Waals surface area (Å²) in [5, 5.41) is 9.18. The quantitative estimate of drug-likeness (QED) is 0.657. The first kappa shape index (κ1) is 17.5. The average molecular weight is 311 g/mol. The molecule has 0 heterocycles. The molecule has 2 aromatic rings. The summed E-state index contributed by atoms with van der Waals surface area (Å²) in [4.78, 5) is 2.45. The van der Waals surface area contributed by atoms with Gasteiger partial charge < -0.3 is 10.6 Å². The highest BCUT2D eigenvalue weighted by Gasteiger charge is 2.06. The third-order valence-corrected chi connectivity index (χ3v) is 4.27. The van der Waals surface area contributed by atoms with E-state index in [0.29, 0.717) is 0 Å². The fourth-order valence-electron chi connectivity index (χ4n) is 3.04. The second-order valence-corrected chi connectivity index (χ2v) is 5.86. The van der Waals surface area contributed by atoms with E-state index in [1.807, 2.05) is 20.2 Å². The van der Waals surface area contributed by atoms with Gasteiger partial charge in [0, 0.05) is 37.8 Å². The van der Waals surface area contributed by atoms with E-state index in [2.05, 4.69) is 58.5 Å². The van der Waals surface area contributed by atoms with Crippen molar-refractivity contribution in [3.8, 4) is 0 Å². The molecule has 0 spiro atoms. The molecule has 2 N–H and O–H groups in total. The minimum Gasteiger partial charge on any atom is -0.388 e. The number of nitrogens with one attached hydrogen (secondary N) is 2. The summed E-state index contributed by atoms with van der Waals surface area (Å²) in [6.07, 6.45) is 4.27. The molecular weight excluding hydrogens is 282 g/mol. The van der Waals surface area contributed by atoms with Crippen LogP contribution in [-0.2, 0) is 6.42 Å². The van der Waals surface area contributed by atoms with Crippen molar-refractivity contribution in [3.05, 3.63) is 54.6 Å². The monoisotopic (exact) mass is 311 g/mol. The standard InChI is InChI=1S/C20H29N3/c1-4-14-23(16-13-21-2)15-7-8-17-11-12-20(22-3)19-10-6-5-9-18(17)19/h4-6,9-12,21-22H,1,7-8,13-16H2,2-3H3. The highest BCUT2D eigenvalue weighted by molar-refractivity contribution is 5.96. The van der Waals surface area contributed by atoms with E-state index in [1.165, 1.54) is 28.4 Å². The van der Waals surface area contributed by atoms with Crippen LogP contribution in [0.3, 0.4) is 0 Å². The molecule has 0 saturated carbocycles. The lowest BCUT2D eigenvalue weighted by molar-refractivity contribution is 0.300. The molecule has 0 amide bonds. The molecule has 0 unspecified atom stereocenters. The number of anilines is 1. The molecule has 0 aliphatic heterocycles. The largest absolute Gasteiger partial charge is 0.388 e. The molecule has 23 heavy (non-hydrogen) atoms. The minimum atomic E-state index is 0.959. The topological polar surface area (TPSA) is 27.3 Å². The highest BCUT2D eigenvalue weighted by Crippen LogP contribution is 2.27. The van der Waals surface area contributed by atoms with E-state index < -0.39 is 0 Å². The molecular formula is C20H29N3. The molecule has 2 rings (SSSR count). The maximum absolute atomic E-state index is 3.87. The SMILES string of the molecule is C=CCN(CCCc1ccc(NC)c2ccccc12)CCNC. The molecule has 0 radical (unpaired) electrons. The number of benzene rings is 2.